The molecule has 0 bridgehead atoms. The standard InChI is InChI=1S/C35H65N3O8/c1-4-43-26-27-44-24-21-36-32(3)30-46-29-28-45-25-22-37-34(40)20-19-33(35(41)42)38-31(2)18-16-14-12-10-8-6-5-7-9-11-13-15-17-23-39/h23,33,36,38H,2-22,24-30H2,1H3,(H,37,40)(H,41,42). The first-order valence-corrected chi connectivity index (χ1v) is 17.5. The molecular weight excluding hydrogens is 590 g/mol. The maximum Gasteiger partial charge on any atom is 0.326 e. The van der Waals surface area contributed by atoms with E-state index in [1.165, 1.54) is 57.8 Å². The molecule has 0 heterocycles. The van der Waals surface area contributed by atoms with Gasteiger partial charge in [0.2, 0.25) is 5.91 Å². The lowest BCUT2D eigenvalue weighted by Crippen LogP contribution is -2.37. The lowest BCUT2D eigenvalue weighted by molar-refractivity contribution is -0.139. The van der Waals surface area contributed by atoms with Crippen LogP contribution in [0.4, 0.5) is 0 Å². The zero-order valence-electron chi connectivity index (χ0n) is 28.8. The Morgan fingerprint density at radius 2 is 1.20 bits per heavy atom. The molecule has 0 aliphatic carbocycles. The summed E-state index contributed by atoms with van der Waals surface area (Å²) >= 11 is 0. The molecule has 0 aliphatic rings. The normalized spacial score (nSPS) is 11.6. The highest BCUT2D eigenvalue weighted by Crippen LogP contribution is 2.14. The Balaban J connectivity index is 3.69. The Morgan fingerprint density at radius 3 is 1.76 bits per heavy atom. The molecule has 0 aliphatic heterocycles. The average Bonchev–Trinajstić information content (AvgIpc) is 3.03. The van der Waals surface area contributed by atoms with E-state index in [1.54, 1.807) is 0 Å². The molecular formula is C35H65N3O8. The molecule has 0 radical (unpaired) electrons. The molecule has 0 aromatic heterocycles. The molecule has 268 valence electrons. The summed E-state index contributed by atoms with van der Waals surface area (Å²) in [4.78, 5) is 34.2. The summed E-state index contributed by atoms with van der Waals surface area (Å²) in [6.45, 7) is 14.8. The number of nitrogens with one attached hydrogen (secondary N) is 3. The number of allylic oxidation sites excluding steroid dienone is 1. The van der Waals surface area contributed by atoms with Crippen LogP contribution in [0.2, 0.25) is 0 Å². The van der Waals surface area contributed by atoms with Gasteiger partial charge < -0.3 is 44.8 Å². The second-order valence-electron chi connectivity index (χ2n) is 11.5. The van der Waals surface area contributed by atoms with Crippen molar-refractivity contribution in [2.45, 2.75) is 116 Å². The smallest absolute Gasteiger partial charge is 0.326 e. The third kappa shape index (κ3) is 31.5. The van der Waals surface area contributed by atoms with Gasteiger partial charge in [0.1, 0.15) is 12.3 Å². The topological polar surface area (TPSA) is 144 Å². The van der Waals surface area contributed by atoms with E-state index >= 15 is 0 Å². The monoisotopic (exact) mass is 655 g/mol. The van der Waals surface area contributed by atoms with Crippen molar-refractivity contribution < 1.29 is 38.4 Å². The largest absolute Gasteiger partial charge is 0.480 e. The molecule has 46 heavy (non-hydrogen) atoms. The van der Waals surface area contributed by atoms with Gasteiger partial charge in [-0.25, -0.2) is 4.79 Å². The summed E-state index contributed by atoms with van der Waals surface area (Å²) in [5.41, 5.74) is 1.47. The van der Waals surface area contributed by atoms with E-state index in [-0.39, 0.29) is 18.7 Å². The van der Waals surface area contributed by atoms with Crippen LogP contribution in [0.3, 0.4) is 0 Å². The predicted molar refractivity (Wildman–Crippen MR) is 183 cm³/mol. The van der Waals surface area contributed by atoms with Crippen molar-refractivity contribution in [3.05, 3.63) is 24.6 Å². The third-order valence-corrected chi connectivity index (χ3v) is 7.30. The molecule has 1 atom stereocenters. The Hall–Kier alpha value is -2.47. The van der Waals surface area contributed by atoms with Gasteiger partial charge in [-0.05, 0) is 32.6 Å². The van der Waals surface area contributed by atoms with Crippen molar-refractivity contribution in [3.63, 3.8) is 0 Å². The van der Waals surface area contributed by atoms with Crippen LogP contribution in [-0.2, 0) is 33.3 Å². The van der Waals surface area contributed by atoms with Crippen molar-refractivity contribution in [3.8, 4) is 0 Å². The maximum absolute atomic E-state index is 12.2. The maximum atomic E-state index is 12.2. The van der Waals surface area contributed by atoms with Crippen molar-refractivity contribution in [1.29, 1.82) is 0 Å². The number of carbonyl (C=O) groups is 3. The number of carboxylic acid groups (broad SMARTS) is 1. The highest BCUT2D eigenvalue weighted by molar-refractivity contribution is 5.78. The van der Waals surface area contributed by atoms with E-state index in [4.69, 9.17) is 18.9 Å². The van der Waals surface area contributed by atoms with Crippen molar-refractivity contribution in [1.82, 2.24) is 16.0 Å². The molecule has 1 unspecified atom stereocenters. The first kappa shape index (κ1) is 43.5. The Bertz CT molecular complexity index is 781. The molecule has 11 heteroatoms. The van der Waals surface area contributed by atoms with Gasteiger partial charge in [-0.2, -0.15) is 0 Å². The number of amides is 1. The quantitative estimate of drug-likeness (QED) is 0.0515. The van der Waals surface area contributed by atoms with E-state index in [0.717, 1.165) is 37.7 Å². The highest BCUT2D eigenvalue weighted by atomic mass is 16.5. The van der Waals surface area contributed by atoms with E-state index in [2.05, 4.69) is 29.1 Å². The number of carboxylic acids is 1. The Kier molecular flexibility index (Phi) is 32.1. The molecule has 0 fully saturated rings. The van der Waals surface area contributed by atoms with Crippen molar-refractivity contribution >= 4 is 18.2 Å². The van der Waals surface area contributed by atoms with Crippen molar-refractivity contribution in [2.24, 2.45) is 0 Å². The van der Waals surface area contributed by atoms with Gasteiger partial charge >= 0.3 is 5.97 Å². The number of unbranched alkanes of at least 4 members (excludes halogenated alkanes) is 12. The number of carbonyl (C=O) groups excluding carboxylic acids is 2. The van der Waals surface area contributed by atoms with Gasteiger partial charge in [0.25, 0.3) is 0 Å². The summed E-state index contributed by atoms with van der Waals surface area (Å²) in [5, 5.41) is 18.5. The molecule has 0 rings (SSSR count). The number of hydrogen-bond acceptors (Lipinski definition) is 9. The minimum absolute atomic E-state index is 0.104. The fraction of sp³-hybridized carbons (Fsp3) is 0.800. The highest BCUT2D eigenvalue weighted by Gasteiger charge is 2.19. The number of hydrogen-bond donors (Lipinski definition) is 4. The van der Waals surface area contributed by atoms with Crippen LogP contribution in [-0.4, -0.2) is 95.3 Å². The molecule has 0 saturated heterocycles. The Morgan fingerprint density at radius 1 is 0.674 bits per heavy atom. The van der Waals surface area contributed by atoms with Crippen LogP contribution in [0.5, 0.6) is 0 Å². The van der Waals surface area contributed by atoms with Crippen LogP contribution in [0.1, 0.15) is 110 Å². The predicted octanol–water partition coefficient (Wildman–Crippen LogP) is 5.29. The summed E-state index contributed by atoms with van der Waals surface area (Å²) in [6.07, 6.45) is 17.0. The molecule has 11 nitrogen and oxygen atoms in total. The van der Waals surface area contributed by atoms with Gasteiger partial charge in [0, 0.05) is 43.9 Å². The van der Waals surface area contributed by atoms with E-state index < -0.39 is 12.0 Å². The fourth-order valence-corrected chi connectivity index (χ4v) is 4.67. The van der Waals surface area contributed by atoms with Gasteiger partial charge in [-0.3, -0.25) is 4.79 Å². The minimum Gasteiger partial charge on any atom is -0.480 e. The number of rotatable bonds is 37. The first-order chi connectivity index (χ1) is 22.4. The number of ether oxygens (including phenoxy) is 4. The second kappa shape index (κ2) is 33.9. The molecule has 0 saturated carbocycles. The summed E-state index contributed by atoms with van der Waals surface area (Å²) in [5.74, 6) is -1.20. The molecule has 1 amide bonds. The molecule has 0 aromatic rings. The zero-order valence-corrected chi connectivity index (χ0v) is 28.8. The van der Waals surface area contributed by atoms with E-state index in [9.17, 15) is 19.5 Å². The summed E-state index contributed by atoms with van der Waals surface area (Å²) in [7, 11) is 0. The summed E-state index contributed by atoms with van der Waals surface area (Å²) in [6, 6.07) is -0.839. The van der Waals surface area contributed by atoms with Crippen LogP contribution < -0.4 is 16.0 Å². The molecule has 0 aromatic carbocycles. The SMILES string of the molecule is C=C(COCCOCCNC(=O)CCC(NC(=C)CCCCCCCCCCCCCCC=O)C(=O)O)NCCOCCOCC. The van der Waals surface area contributed by atoms with Crippen molar-refractivity contribution in [2.75, 3.05) is 65.9 Å². The van der Waals surface area contributed by atoms with E-state index in [0.29, 0.717) is 78.1 Å². The van der Waals surface area contributed by atoms with Crippen LogP contribution in [0, 0.1) is 0 Å². The third-order valence-electron chi connectivity index (χ3n) is 7.30. The number of aliphatic carboxylic acids is 1. The second-order valence-corrected chi connectivity index (χ2v) is 11.5. The fourth-order valence-electron chi connectivity index (χ4n) is 4.67. The van der Waals surface area contributed by atoms with Gasteiger partial charge in [-0.15, -0.1) is 0 Å². The van der Waals surface area contributed by atoms with Crippen LogP contribution >= 0.6 is 0 Å². The van der Waals surface area contributed by atoms with Crippen LogP contribution in [0.25, 0.3) is 0 Å². The summed E-state index contributed by atoms with van der Waals surface area (Å²) < 4.78 is 21.6. The van der Waals surface area contributed by atoms with Gasteiger partial charge in [0.05, 0.1) is 46.2 Å². The van der Waals surface area contributed by atoms with Crippen LogP contribution in [0.15, 0.2) is 24.6 Å². The van der Waals surface area contributed by atoms with Gasteiger partial charge in [0.15, 0.2) is 0 Å². The number of aldehydes is 1. The molecule has 4 N–H and O–H groups in total. The van der Waals surface area contributed by atoms with E-state index in [1.807, 2.05) is 6.92 Å². The van der Waals surface area contributed by atoms with Gasteiger partial charge in [-0.1, -0.05) is 77.4 Å². The first-order valence-electron chi connectivity index (χ1n) is 17.5. The lowest BCUT2D eigenvalue weighted by atomic mass is 10.0. The zero-order chi connectivity index (χ0) is 33.9. The lowest BCUT2D eigenvalue weighted by Gasteiger charge is -2.17. The molecule has 0 spiro atoms. The Labute approximate surface area is 278 Å². The minimum atomic E-state index is -0.984. The average molecular weight is 656 g/mol.